The summed E-state index contributed by atoms with van der Waals surface area (Å²) in [6.45, 7) is 3.87. The molecule has 1 unspecified atom stereocenters. The third-order valence-electron chi connectivity index (χ3n) is 5.06. The Labute approximate surface area is 177 Å². The lowest BCUT2D eigenvalue weighted by atomic mass is 10.0. The van der Waals surface area contributed by atoms with Crippen molar-refractivity contribution in [1.29, 1.82) is 0 Å². The molecule has 154 valence electrons. The Balaban J connectivity index is 1.33. The maximum Gasteiger partial charge on any atom is 0.127 e. The Kier molecular flexibility index (Phi) is 6.62. The average Bonchev–Trinajstić information content (AvgIpc) is 3.47. The van der Waals surface area contributed by atoms with Crippen LogP contribution in [0.5, 0.6) is 11.5 Å². The van der Waals surface area contributed by atoms with Crippen LogP contribution in [0.3, 0.4) is 0 Å². The van der Waals surface area contributed by atoms with Gasteiger partial charge in [0.25, 0.3) is 0 Å². The summed E-state index contributed by atoms with van der Waals surface area (Å²) < 4.78 is 13.0. The Morgan fingerprint density at radius 2 is 1.80 bits per heavy atom. The molecule has 5 nitrogen and oxygen atoms in total. The molecule has 0 aliphatic heterocycles. The van der Waals surface area contributed by atoms with Crippen LogP contribution in [-0.4, -0.2) is 16.3 Å². The molecule has 0 amide bonds. The maximum atomic E-state index is 5.91. The summed E-state index contributed by atoms with van der Waals surface area (Å²) in [7, 11) is 0. The van der Waals surface area contributed by atoms with Gasteiger partial charge in [-0.3, -0.25) is 4.68 Å². The van der Waals surface area contributed by atoms with Gasteiger partial charge in [0, 0.05) is 29.9 Å². The number of hydrogen-bond donors (Lipinski definition) is 1. The Morgan fingerprint density at radius 3 is 2.53 bits per heavy atom. The van der Waals surface area contributed by atoms with Gasteiger partial charge >= 0.3 is 0 Å². The minimum atomic E-state index is 0.310. The summed E-state index contributed by atoms with van der Waals surface area (Å²) in [4.78, 5) is 0. The summed E-state index contributed by atoms with van der Waals surface area (Å²) in [5.41, 5.74) is 3.40. The highest BCUT2D eigenvalue weighted by atomic mass is 16.5. The number of nitrogens with zero attached hydrogens (tertiary/aromatic N) is 2. The number of nitrogens with one attached hydrogen (secondary N) is 1. The molecule has 2 aromatic carbocycles. The summed E-state index contributed by atoms with van der Waals surface area (Å²) in [5, 5.41) is 8.14. The summed E-state index contributed by atoms with van der Waals surface area (Å²) in [6.07, 6.45) is 9.54. The van der Waals surface area contributed by atoms with Crippen molar-refractivity contribution < 1.29 is 9.15 Å². The van der Waals surface area contributed by atoms with E-state index in [1.165, 1.54) is 5.56 Å². The van der Waals surface area contributed by atoms with Gasteiger partial charge in [-0.1, -0.05) is 43.7 Å². The van der Waals surface area contributed by atoms with Crippen LogP contribution in [0.1, 0.15) is 31.4 Å². The molecule has 1 atom stereocenters. The van der Waals surface area contributed by atoms with Crippen molar-refractivity contribution in [2.75, 3.05) is 6.54 Å². The van der Waals surface area contributed by atoms with Crippen LogP contribution in [0.2, 0.25) is 0 Å². The highest BCUT2D eigenvalue weighted by Crippen LogP contribution is 2.25. The molecule has 0 aliphatic rings. The third kappa shape index (κ3) is 5.19. The zero-order valence-corrected chi connectivity index (χ0v) is 17.2. The molecule has 0 saturated carbocycles. The van der Waals surface area contributed by atoms with Crippen LogP contribution in [0.25, 0.3) is 11.1 Å². The Bertz CT molecular complexity index is 1010. The highest BCUT2D eigenvalue weighted by molar-refractivity contribution is 5.59. The Morgan fingerprint density at radius 1 is 1.00 bits per heavy atom. The van der Waals surface area contributed by atoms with Crippen molar-refractivity contribution in [1.82, 2.24) is 15.1 Å². The van der Waals surface area contributed by atoms with Gasteiger partial charge in [0.15, 0.2) is 0 Å². The van der Waals surface area contributed by atoms with Crippen molar-refractivity contribution in [3.63, 3.8) is 0 Å². The second-order valence-corrected chi connectivity index (χ2v) is 7.28. The minimum Gasteiger partial charge on any atom is -0.472 e. The molecule has 0 spiro atoms. The maximum absolute atomic E-state index is 5.91. The lowest BCUT2D eigenvalue weighted by Crippen LogP contribution is -2.25. The molecule has 2 aromatic heterocycles. The van der Waals surface area contributed by atoms with Gasteiger partial charge in [-0.15, -0.1) is 0 Å². The SMILES string of the molecule is CCCC(NCCn1cc(-c2ccoc2)cn1)c1ccc(Oc2ccccc2)cc1. The number of aromatic nitrogens is 2. The minimum absolute atomic E-state index is 0.310. The zero-order valence-electron chi connectivity index (χ0n) is 17.2. The summed E-state index contributed by atoms with van der Waals surface area (Å²) in [6, 6.07) is 20.5. The predicted octanol–water partition coefficient (Wildman–Crippen LogP) is 6.07. The van der Waals surface area contributed by atoms with E-state index in [9.17, 15) is 0 Å². The fourth-order valence-corrected chi connectivity index (χ4v) is 3.49. The molecule has 5 heteroatoms. The fourth-order valence-electron chi connectivity index (χ4n) is 3.49. The van der Waals surface area contributed by atoms with Gasteiger partial charge in [-0.05, 0) is 42.3 Å². The van der Waals surface area contributed by atoms with Gasteiger partial charge < -0.3 is 14.5 Å². The molecule has 4 rings (SSSR count). The molecular formula is C25H27N3O2. The second-order valence-electron chi connectivity index (χ2n) is 7.28. The zero-order chi connectivity index (χ0) is 20.6. The standard InChI is InChI=1S/C25H27N3O2/c1-2-6-25(20-9-11-24(12-10-20)30-23-7-4-3-5-8-23)26-14-15-28-18-22(17-27-28)21-13-16-29-19-21/h3-5,7-13,16-19,25-26H,2,6,14-15H2,1H3. The monoisotopic (exact) mass is 401 g/mol. The quantitative estimate of drug-likeness (QED) is 0.351. The van der Waals surface area contributed by atoms with E-state index in [1.54, 1.807) is 12.5 Å². The van der Waals surface area contributed by atoms with E-state index < -0.39 is 0 Å². The van der Waals surface area contributed by atoms with E-state index in [2.05, 4.69) is 35.7 Å². The average molecular weight is 402 g/mol. The number of rotatable bonds is 10. The van der Waals surface area contributed by atoms with E-state index in [0.29, 0.717) is 6.04 Å². The lowest BCUT2D eigenvalue weighted by Gasteiger charge is -2.19. The largest absolute Gasteiger partial charge is 0.472 e. The lowest BCUT2D eigenvalue weighted by molar-refractivity contribution is 0.458. The van der Waals surface area contributed by atoms with Crippen LogP contribution in [0.4, 0.5) is 0 Å². The summed E-state index contributed by atoms with van der Waals surface area (Å²) in [5.74, 6) is 1.70. The second kappa shape index (κ2) is 9.94. The van der Waals surface area contributed by atoms with Crippen molar-refractivity contribution in [2.24, 2.45) is 0 Å². The molecule has 2 heterocycles. The van der Waals surface area contributed by atoms with Crippen molar-refractivity contribution in [3.8, 4) is 22.6 Å². The van der Waals surface area contributed by atoms with E-state index >= 15 is 0 Å². The van der Waals surface area contributed by atoms with E-state index in [1.807, 2.05) is 59.4 Å². The first-order chi connectivity index (χ1) is 14.8. The molecule has 1 N–H and O–H groups in total. The van der Waals surface area contributed by atoms with Crippen molar-refractivity contribution >= 4 is 0 Å². The van der Waals surface area contributed by atoms with E-state index in [4.69, 9.17) is 9.15 Å². The molecule has 4 aromatic rings. The van der Waals surface area contributed by atoms with Crippen LogP contribution < -0.4 is 10.1 Å². The smallest absolute Gasteiger partial charge is 0.127 e. The van der Waals surface area contributed by atoms with Gasteiger partial charge in [-0.2, -0.15) is 5.10 Å². The molecule has 30 heavy (non-hydrogen) atoms. The van der Waals surface area contributed by atoms with Gasteiger partial charge in [0.1, 0.15) is 11.5 Å². The Hall–Kier alpha value is -3.31. The number of para-hydroxylation sites is 1. The number of ether oxygens (including phenoxy) is 1. The van der Waals surface area contributed by atoms with Gasteiger partial charge in [-0.25, -0.2) is 0 Å². The molecular weight excluding hydrogens is 374 g/mol. The van der Waals surface area contributed by atoms with Crippen LogP contribution in [-0.2, 0) is 6.54 Å². The number of benzene rings is 2. The van der Waals surface area contributed by atoms with Crippen molar-refractivity contribution in [3.05, 3.63) is 91.1 Å². The van der Waals surface area contributed by atoms with Crippen LogP contribution in [0, 0.1) is 0 Å². The van der Waals surface area contributed by atoms with E-state index in [0.717, 1.165) is 48.6 Å². The first-order valence-electron chi connectivity index (χ1n) is 10.4. The first kappa shape index (κ1) is 20.0. The fraction of sp³-hybridized carbons (Fsp3) is 0.240. The normalized spacial score (nSPS) is 12.0. The first-order valence-corrected chi connectivity index (χ1v) is 10.4. The van der Waals surface area contributed by atoms with E-state index in [-0.39, 0.29) is 0 Å². The van der Waals surface area contributed by atoms with Crippen LogP contribution in [0.15, 0.2) is 90.0 Å². The molecule has 0 saturated heterocycles. The highest BCUT2D eigenvalue weighted by Gasteiger charge is 2.11. The molecule has 0 radical (unpaired) electrons. The van der Waals surface area contributed by atoms with Crippen LogP contribution >= 0.6 is 0 Å². The molecule has 0 bridgehead atoms. The predicted molar refractivity (Wildman–Crippen MR) is 119 cm³/mol. The summed E-state index contributed by atoms with van der Waals surface area (Å²) >= 11 is 0. The third-order valence-corrected chi connectivity index (χ3v) is 5.06. The van der Waals surface area contributed by atoms with Crippen molar-refractivity contribution in [2.45, 2.75) is 32.4 Å². The number of furan rings is 1. The topological polar surface area (TPSA) is 52.2 Å². The van der Waals surface area contributed by atoms with Gasteiger partial charge in [0.2, 0.25) is 0 Å². The molecule has 0 aliphatic carbocycles. The van der Waals surface area contributed by atoms with Gasteiger partial charge in [0.05, 0.1) is 25.3 Å². The number of hydrogen-bond acceptors (Lipinski definition) is 4. The molecule has 0 fully saturated rings.